The summed E-state index contributed by atoms with van der Waals surface area (Å²) in [6.07, 6.45) is 0.951. The number of guanidine groups is 1. The maximum Gasteiger partial charge on any atom is 0.221 e. The summed E-state index contributed by atoms with van der Waals surface area (Å²) < 4.78 is 11.2. The second kappa shape index (κ2) is 13.3. The Morgan fingerprint density at radius 2 is 1.90 bits per heavy atom. The molecule has 0 aliphatic heterocycles. The smallest absolute Gasteiger partial charge is 0.221 e. The molecule has 3 N–H and O–H groups in total. The summed E-state index contributed by atoms with van der Waals surface area (Å²) in [4.78, 5) is 16.1. The zero-order valence-corrected chi connectivity index (χ0v) is 18.9. The molecule has 1 atom stereocenters. The fraction of sp³-hybridized carbons (Fsp3) is 0.417. The lowest BCUT2D eigenvalue weighted by Gasteiger charge is -2.15. The number of carbonyl (C=O) groups is 1. The minimum Gasteiger partial charge on any atom is -0.495 e. The Labute approximate surface area is 185 Å². The zero-order valence-electron chi connectivity index (χ0n) is 18.9. The van der Waals surface area contributed by atoms with Gasteiger partial charge in [-0.2, -0.15) is 0 Å². The predicted octanol–water partition coefficient (Wildman–Crippen LogP) is 3.88. The van der Waals surface area contributed by atoms with Crippen LogP contribution < -0.4 is 20.7 Å². The largest absolute Gasteiger partial charge is 0.495 e. The van der Waals surface area contributed by atoms with Crippen LogP contribution in [0.5, 0.6) is 5.75 Å². The first-order valence-electron chi connectivity index (χ1n) is 10.7. The first-order chi connectivity index (χ1) is 15.0. The number of benzene rings is 2. The number of hydrogen-bond donors (Lipinski definition) is 3. The molecule has 7 nitrogen and oxygen atoms in total. The van der Waals surface area contributed by atoms with E-state index in [0.717, 1.165) is 31.0 Å². The van der Waals surface area contributed by atoms with Crippen LogP contribution in [0, 0.1) is 0 Å². The molecule has 0 aliphatic carbocycles. The summed E-state index contributed by atoms with van der Waals surface area (Å²) in [6, 6.07) is 15.9. The Kier molecular flexibility index (Phi) is 10.4. The van der Waals surface area contributed by atoms with E-state index in [1.54, 1.807) is 7.11 Å². The van der Waals surface area contributed by atoms with Crippen LogP contribution >= 0.6 is 0 Å². The molecule has 2 aromatic rings. The molecule has 7 heteroatoms. The minimum atomic E-state index is -0.141. The van der Waals surface area contributed by atoms with Crippen molar-refractivity contribution in [2.75, 3.05) is 32.1 Å². The van der Waals surface area contributed by atoms with Gasteiger partial charge in [0, 0.05) is 26.6 Å². The van der Waals surface area contributed by atoms with Crippen LogP contribution in [0.25, 0.3) is 0 Å². The highest BCUT2D eigenvalue weighted by atomic mass is 16.5. The van der Waals surface area contributed by atoms with Crippen LogP contribution in [0.4, 0.5) is 5.69 Å². The second-order valence-electron chi connectivity index (χ2n) is 7.12. The lowest BCUT2D eigenvalue weighted by Crippen LogP contribution is -2.38. The van der Waals surface area contributed by atoms with Gasteiger partial charge in [0.05, 0.1) is 25.4 Å². The van der Waals surface area contributed by atoms with Crippen molar-refractivity contribution in [2.24, 2.45) is 4.99 Å². The van der Waals surface area contributed by atoms with Gasteiger partial charge in [0.15, 0.2) is 5.96 Å². The highest BCUT2D eigenvalue weighted by Gasteiger charge is 2.07. The van der Waals surface area contributed by atoms with E-state index in [-0.39, 0.29) is 12.0 Å². The summed E-state index contributed by atoms with van der Waals surface area (Å²) in [6.45, 7) is 8.25. The molecule has 2 aromatic carbocycles. The summed E-state index contributed by atoms with van der Waals surface area (Å²) in [5.41, 5.74) is 2.80. The molecular weight excluding hydrogens is 392 g/mol. The maximum absolute atomic E-state index is 11.4. The van der Waals surface area contributed by atoms with Gasteiger partial charge in [0.1, 0.15) is 5.75 Å². The topological polar surface area (TPSA) is 84.0 Å². The molecule has 1 amide bonds. The average molecular weight is 427 g/mol. The quantitative estimate of drug-likeness (QED) is 0.289. The molecule has 0 bridgehead atoms. The first kappa shape index (κ1) is 24.2. The Morgan fingerprint density at radius 1 is 1.13 bits per heavy atom. The number of ether oxygens (including phenoxy) is 2. The van der Waals surface area contributed by atoms with Crippen molar-refractivity contribution in [2.45, 2.75) is 39.8 Å². The summed E-state index contributed by atoms with van der Waals surface area (Å²) in [5.74, 6) is 1.23. The van der Waals surface area contributed by atoms with Crippen LogP contribution in [0.1, 0.15) is 44.4 Å². The van der Waals surface area contributed by atoms with Crippen LogP contribution in [0.15, 0.2) is 53.5 Å². The van der Waals surface area contributed by atoms with Gasteiger partial charge in [0.25, 0.3) is 0 Å². The second-order valence-corrected chi connectivity index (χ2v) is 7.12. The lowest BCUT2D eigenvalue weighted by molar-refractivity contribution is -0.114. The molecule has 0 saturated carbocycles. The van der Waals surface area contributed by atoms with Crippen molar-refractivity contribution in [1.82, 2.24) is 10.6 Å². The van der Waals surface area contributed by atoms with Crippen LogP contribution in [-0.2, 0) is 16.1 Å². The fourth-order valence-corrected chi connectivity index (χ4v) is 3.01. The van der Waals surface area contributed by atoms with Gasteiger partial charge in [-0.15, -0.1) is 0 Å². The van der Waals surface area contributed by atoms with Crippen molar-refractivity contribution < 1.29 is 14.3 Å². The standard InChI is InChI=1S/C24H34N4O3/c1-5-25-24(26-14-9-15-31-18(2)21-10-7-6-8-11-21)27-17-20-12-13-23(30-4)22(16-20)28-19(3)29/h6-8,10-13,16,18H,5,9,14-15,17H2,1-4H3,(H,28,29)(H2,25,26,27). The minimum absolute atomic E-state index is 0.0796. The third kappa shape index (κ3) is 8.68. The predicted molar refractivity (Wildman–Crippen MR) is 126 cm³/mol. The van der Waals surface area contributed by atoms with Crippen LogP contribution in [0.2, 0.25) is 0 Å². The zero-order chi connectivity index (χ0) is 22.5. The van der Waals surface area contributed by atoms with Crippen molar-refractivity contribution in [3.05, 3.63) is 59.7 Å². The Balaban J connectivity index is 1.84. The van der Waals surface area contributed by atoms with E-state index in [9.17, 15) is 4.79 Å². The van der Waals surface area contributed by atoms with E-state index in [2.05, 4.69) is 40.0 Å². The van der Waals surface area contributed by atoms with Crippen LogP contribution in [-0.4, -0.2) is 38.7 Å². The van der Waals surface area contributed by atoms with Crippen molar-refractivity contribution >= 4 is 17.6 Å². The van der Waals surface area contributed by atoms with Crippen molar-refractivity contribution in [1.29, 1.82) is 0 Å². The van der Waals surface area contributed by atoms with Gasteiger partial charge < -0.3 is 25.4 Å². The van der Waals surface area contributed by atoms with Crippen molar-refractivity contribution in [3.8, 4) is 5.75 Å². The highest BCUT2D eigenvalue weighted by Crippen LogP contribution is 2.25. The molecule has 1 unspecified atom stereocenters. The third-order valence-electron chi connectivity index (χ3n) is 4.59. The highest BCUT2D eigenvalue weighted by molar-refractivity contribution is 5.90. The van der Waals surface area contributed by atoms with E-state index in [0.29, 0.717) is 24.6 Å². The number of hydrogen-bond acceptors (Lipinski definition) is 4. The molecule has 0 aliphatic rings. The number of rotatable bonds is 11. The molecule has 0 radical (unpaired) electrons. The van der Waals surface area contributed by atoms with E-state index in [4.69, 9.17) is 9.47 Å². The molecule has 0 spiro atoms. The normalized spacial score (nSPS) is 12.2. The lowest BCUT2D eigenvalue weighted by atomic mass is 10.1. The Morgan fingerprint density at radius 3 is 2.58 bits per heavy atom. The van der Waals surface area contributed by atoms with E-state index in [1.807, 2.05) is 43.3 Å². The number of methoxy groups -OCH3 is 1. The number of nitrogens with one attached hydrogen (secondary N) is 3. The third-order valence-corrected chi connectivity index (χ3v) is 4.59. The monoisotopic (exact) mass is 426 g/mol. The number of amides is 1. The SMILES string of the molecule is CCNC(=NCc1ccc(OC)c(NC(C)=O)c1)NCCCOC(C)c1ccccc1. The molecule has 0 fully saturated rings. The molecule has 0 saturated heterocycles. The van der Waals surface area contributed by atoms with E-state index < -0.39 is 0 Å². The van der Waals surface area contributed by atoms with Crippen LogP contribution in [0.3, 0.4) is 0 Å². The van der Waals surface area contributed by atoms with Gasteiger partial charge in [0.2, 0.25) is 5.91 Å². The van der Waals surface area contributed by atoms with Gasteiger partial charge >= 0.3 is 0 Å². The molecule has 2 rings (SSSR count). The number of aliphatic imine (C=N–C) groups is 1. The number of nitrogens with zero attached hydrogens (tertiary/aromatic N) is 1. The van der Waals surface area contributed by atoms with Crippen molar-refractivity contribution in [3.63, 3.8) is 0 Å². The first-order valence-corrected chi connectivity index (χ1v) is 10.7. The van der Waals surface area contributed by atoms with Gasteiger partial charge in [-0.1, -0.05) is 36.4 Å². The van der Waals surface area contributed by atoms with E-state index in [1.165, 1.54) is 12.5 Å². The van der Waals surface area contributed by atoms with Gasteiger partial charge in [-0.3, -0.25) is 4.79 Å². The molecular formula is C24H34N4O3. The summed E-state index contributed by atoms with van der Waals surface area (Å²) in [7, 11) is 1.58. The molecule has 168 valence electrons. The Hall–Kier alpha value is -3.06. The summed E-state index contributed by atoms with van der Waals surface area (Å²) >= 11 is 0. The van der Waals surface area contributed by atoms with Gasteiger partial charge in [-0.05, 0) is 43.5 Å². The maximum atomic E-state index is 11.4. The number of carbonyl (C=O) groups excluding carboxylic acids is 1. The molecule has 31 heavy (non-hydrogen) atoms. The number of anilines is 1. The molecule has 0 heterocycles. The Bertz CT molecular complexity index is 840. The molecule has 0 aromatic heterocycles. The van der Waals surface area contributed by atoms with E-state index >= 15 is 0 Å². The summed E-state index contributed by atoms with van der Waals surface area (Å²) in [5, 5.41) is 9.38. The van der Waals surface area contributed by atoms with Gasteiger partial charge in [-0.25, -0.2) is 4.99 Å². The average Bonchev–Trinajstić information content (AvgIpc) is 2.77. The fourth-order valence-electron chi connectivity index (χ4n) is 3.01.